The number of aromatic nitrogens is 1. The second-order valence-electron chi connectivity index (χ2n) is 6.44. The summed E-state index contributed by atoms with van der Waals surface area (Å²) in [6.45, 7) is 1.75. The van der Waals surface area contributed by atoms with Crippen molar-refractivity contribution in [3.8, 4) is 0 Å². The Morgan fingerprint density at radius 1 is 1.09 bits per heavy atom. The van der Waals surface area contributed by atoms with E-state index in [4.69, 9.17) is 4.52 Å². The zero-order valence-corrected chi connectivity index (χ0v) is 12.9. The first-order valence-corrected chi connectivity index (χ1v) is 8.01. The van der Waals surface area contributed by atoms with E-state index in [0.29, 0.717) is 17.5 Å². The number of benzene rings is 1. The van der Waals surface area contributed by atoms with Gasteiger partial charge >= 0.3 is 0 Å². The highest BCUT2D eigenvalue weighted by Crippen LogP contribution is 2.45. The number of hydrogen-bond acceptors (Lipinski definition) is 4. The lowest BCUT2D eigenvalue weighted by molar-refractivity contribution is -0.122. The Balaban J connectivity index is 1.60. The monoisotopic (exact) mass is 310 g/mol. The predicted molar refractivity (Wildman–Crippen MR) is 83.7 cm³/mol. The average Bonchev–Trinajstić information content (AvgIpc) is 3.10. The van der Waals surface area contributed by atoms with Crippen LogP contribution in [0.15, 0.2) is 40.9 Å². The molecule has 0 radical (unpaired) electrons. The topological polar surface area (TPSA) is 63.4 Å². The van der Waals surface area contributed by atoms with Gasteiger partial charge in [0.1, 0.15) is 5.76 Å². The van der Waals surface area contributed by atoms with E-state index in [1.807, 2.05) is 18.2 Å². The zero-order valence-electron chi connectivity index (χ0n) is 12.9. The molecule has 1 saturated carbocycles. The van der Waals surface area contributed by atoms with E-state index in [9.17, 15) is 9.59 Å². The minimum Gasteiger partial charge on any atom is -0.360 e. The van der Waals surface area contributed by atoms with Gasteiger partial charge in [-0.2, -0.15) is 0 Å². The maximum Gasteiger partial charge on any atom is 0.239 e. The highest BCUT2D eigenvalue weighted by Gasteiger charge is 2.51. The lowest BCUT2D eigenvalue weighted by Crippen LogP contribution is -2.31. The largest absolute Gasteiger partial charge is 0.360 e. The van der Waals surface area contributed by atoms with E-state index in [1.54, 1.807) is 13.0 Å². The molecular weight excluding hydrogens is 292 g/mol. The summed E-state index contributed by atoms with van der Waals surface area (Å²) in [5.74, 6) is 0.556. The van der Waals surface area contributed by atoms with Gasteiger partial charge in [0, 0.05) is 6.07 Å². The number of fused-ring (bicyclic) bond motifs is 1. The molecule has 1 aliphatic carbocycles. The molecule has 1 aromatic carbocycles. The maximum atomic E-state index is 12.8. The first kappa shape index (κ1) is 14.2. The molecular formula is C18H18N2O3. The van der Waals surface area contributed by atoms with E-state index in [-0.39, 0.29) is 23.7 Å². The summed E-state index contributed by atoms with van der Waals surface area (Å²) in [6, 6.07) is 11.9. The molecule has 1 aliphatic heterocycles. The standard InChI is InChI=1S/C18H18N2O3/c1-11-9-16(19-23-11)20-17(21)14-8-7-13(10-15(14)18(20)22)12-5-3-2-4-6-12/h2-6,9,13-15H,7-8,10H2,1H3/t13-,14-,15-/m0/s1. The number of anilines is 1. The smallest absolute Gasteiger partial charge is 0.239 e. The van der Waals surface area contributed by atoms with Crippen LogP contribution in [-0.4, -0.2) is 17.0 Å². The van der Waals surface area contributed by atoms with Crippen LogP contribution in [0.5, 0.6) is 0 Å². The Hall–Kier alpha value is -2.43. The van der Waals surface area contributed by atoms with Crippen LogP contribution in [-0.2, 0) is 9.59 Å². The van der Waals surface area contributed by atoms with E-state index in [0.717, 1.165) is 19.3 Å². The number of rotatable bonds is 2. The fraction of sp³-hybridized carbons (Fsp3) is 0.389. The van der Waals surface area contributed by atoms with E-state index in [1.165, 1.54) is 10.5 Å². The first-order valence-electron chi connectivity index (χ1n) is 8.01. The summed E-state index contributed by atoms with van der Waals surface area (Å²) in [5.41, 5.74) is 1.25. The molecule has 118 valence electrons. The Bertz CT molecular complexity index is 753. The molecule has 0 unspecified atom stereocenters. The summed E-state index contributed by atoms with van der Waals surface area (Å²) >= 11 is 0. The molecule has 4 rings (SSSR count). The van der Waals surface area contributed by atoms with Crippen LogP contribution in [0.3, 0.4) is 0 Å². The summed E-state index contributed by atoms with van der Waals surface area (Å²) in [5, 5.41) is 3.84. The molecule has 2 heterocycles. The molecule has 1 aromatic heterocycles. The molecule has 2 aliphatic rings. The fourth-order valence-corrected chi connectivity index (χ4v) is 3.89. The molecule has 2 amide bonds. The van der Waals surface area contributed by atoms with Crippen LogP contribution in [0, 0.1) is 18.8 Å². The van der Waals surface area contributed by atoms with Crippen molar-refractivity contribution in [3.05, 3.63) is 47.7 Å². The Kier molecular flexibility index (Phi) is 3.29. The van der Waals surface area contributed by atoms with Crippen molar-refractivity contribution in [2.45, 2.75) is 32.1 Å². The second-order valence-corrected chi connectivity index (χ2v) is 6.44. The van der Waals surface area contributed by atoms with Crippen LogP contribution in [0.4, 0.5) is 5.82 Å². The summed E-state index contributed by atoms with van der Waals surface area (Å²) < 4.78 is 5.02. The summed E-state index contributed by atoms with van der Waals surface area (Å²) in [7, 11) is 0. The van der Waals surface area contributed by atoms with Crippen molar-refractivity contribution in [2.75, 3.05) is 4.90 Å². The number of amides is 2. The second kappa shape index (κ2) is 5.33. The van der Waals surface area contributed by atoms with Crippen molar-refractivity contribution in [1.82, 2.24) is 5.16 Å². The minimum atomic E-state index is -0.238. The third kappa shape index (κ3) is 2.27. The van der Waals surface area contributed by atoms with Crippen molar-refractivity contribution in [2.24, 2.45) is 11.8 Å². The van der Waals surface area contributed by atoms with Crippen molar-refractivity contribution in [3.63, 3.8) is 0 Å². The summed E-state index contributed by atoms with van der Waals surface area (Å²) in [4.78, 5) is 26.6. The Morgan fingerprint density at radius 3 is 2.52 bits per heavy atom. The molecule has 1 saturated heterocycles. The SMILES string of the molecule is Cc1cc(N2C(=O)[C@H]3CC[C@H](c4ccccc4)C[C@@H]3C2=O)no1. The Morgan fingerprint density at radius 2 is 1.83 bits per heavy atom. The first-order chi connectivity index (χ1) is 11.1. The molecule has 3 atom stereocenters. The van der Waals surface area contributed by atoms with Gasteiger partial charge in [0.15, 0.2) is 5.82 Å². The van der Waals surface area contributed by atoms with Gasteiger partial charge in [-0.25, -0.2) is 4.90 Å². The van der Waals surface area contributed by atoms with Crippen molar-refractivity contribution >= 4 is 17.6 Å². The van der Waals surface area contributed by atoms with Crippen LogP contribution < -0.4 is 4.90 Å². The lowest BCUT2D eigenvalue weighted by atomic mass is 9.73. The molecule has 0 bridgehead atoms. The molecule has 23 heavy (non-hydrogen) atoms. The maximum absolute atomic E-state index is 12.8. The van der Waals surface area contributed by atoms with Crippen molar-refractivity contribution < 1.29 is 14.1 Å². The van der Waals surface area contributed by atoms with Crippen molar-refractivity contribution in [1.29, 1.82) is 0 Å². The third-order valence-electron chi connectivity index (χ3n) is 5.04. The molecule has 2 fully saturated rings. The molecule has 0 N–H and O–H groups in total. The number of carbonyl (C=O) groups excluding carboxylic acids is 2. The van der Waals surface area contributed by atoms with E-state index in [2.05, 4.69) is 17.3 Å². The lowest BCUT2D eigenvalue weighted by Gasteiger charge is -2.28. The molecule has 2 aromatic rings. The molecule has 0 spiro atoms. The molecule has 5 nitrogen and oxygen atoms in total. The number of imide groups is 1. The van der Waals surface area contributed by atoms with Crippen LogP contribution in [0.25, 0.3) is 0 Å². The normalized spacial score (nSPS) is 27.3. The van der Waals surface area contributed by atoms with Gasteiger partial charge in [0.05, 0.1) is 11.8 Å². The van der Waals surface area contributed by atoms with Gasteiger partial charge in [-0.05, 0) is 37.7 Å². The minimum absolute atomic E-state index is 0.125. The zero-order chi connectivity index (χ0) is 16.0. The van der Waals surface area contributed by atoms with E-state index >= 15 is 0 Å². The van der Waals surface area contributed by atoms with Crippen LogP contribution in [0.2, 0.25) is 0 Å². The van der Waals surface area contributed by atoms with Gasteiger partial charge in [-0.15, -0.1) is 0 Å². The average molecular weight is 310 g/mol. The quantitative estimate of drug-likeness (QED) is 0.800. The predicted octanol–water partition coefficient (Wildman–Crippen LogP) is 3.06. The van der Waals surface area contributed by atoms with Gasteiger partial charge in [0.25, 0.3) is 0 Å². The highest BCUT2D eigenvalue weighted by atomic mass is 16.5. The van der Waals surface area contributed by atoms with E-state index < -0.39 is 0 Å². The number of nitrogens with zero attached hydrogens (tertiary/aromatic N) is 2. The van der Waals surface area contributed by atoms with Crippen LogP contribution in [0.1, 0.15) is 36.5 Å². The number of aryl methyl sites for hydroxylation is 1. The third-order valence-corrected chi connectivity index (χ3v) is 5.04. The fourth-order valence-electron chi connectivity index (χ4n) is 3.89. The van der Waals surface area contributed by atoms with Gasteiger partial charge in [-0.1, -0.05) is 35.5 Å². The number of hydrogen-bond donors (Lipinski definition) is 0. The number of carbonyl (C=O) groups is 2. The van der Waals surface area contributed by atoms with Gasteiger partial charge < -0.3 is 4.52 Å². The summed E-state index contributed by atoms with van der Waals surface area (Å²) in [6.07, 6.45) is 2.42. The van der Waals surface area contributed by atoms with Gasteiger partial charge in [0.2, 0.25) is 11.8 Å². The van der Waals surface area contributed by atoms with Crippen LogP contribution >= 0.6 is 0 Å². The highest BCUT2D eigenvalue weighted by molar-refractivity contribution is 6.21. The Labute approximate surface area is 134 Å². The van der Waals surface area contributed by atoms with Gasteiger partial charge in [-0.3, -0.25) is 9.59 Å². The molecule has 5 heteroatoms.